The number of hydrogen-bond acceptors (Lipinski definition) is 6. The van der Waals surface area contributed by atoms with Gasteiger partial charge in [0, 0.05) is 40.8 Å². The van der Waals surface area contributed by atoms with Crippen LogP contribution in [0.1, 0.15) is 30.1 Å². The first-order valence-corrected chi connectivity index (χ1v) is 10.4. The summed E-state index contributed by atoms with van der Waals surface area (Å²) in [5.41, 5.74) is 2.61. The molecule has 6 nitrogen and oxygen atoms in total. The van der Waals surface area contributed by atoms with Gasteiger partial charge in [-0.15, -0.1) is 0 Å². The molecule has 1 N–H and O–H groups in total. The lowest BCUT2D eigenvalue weighted by Crippen LogP contribution is -2.31. The van der Waals surface area contributed by atoms with Crippen molar-refractivity contribution in [2.75, 3.05) is 0 Å². The van der Waals surface area contributed by atoms with E-state index in [1.807, 2.05) is 12.1 Å². The number of thiophene rings is 1. The van der Waals surface area contributed by atoms with E-state index in [2.05, 4.69) is 19.7 Å². The molecular weight excluding hydrogens is 356 g/mol. The number of fused-ring (bicyclic) bond motifs is 1. The molecule has 3 aromatic rings. The number of rotatable bonds is 4. The second-order valence-electron chi connectivity index (χ2n) is 5.86. The maximum atomic E-state index is 12.5. The SMILES string of the molecule is O=S(=O)(N[C@H]1CCCc2nc(-c3cccnc3)ncc21)c1ccsc1. The summed E-state index contributed by atoms with van der Waals surface area (Å²) >= 11 is 1.36. The number of pyridine rings is 1. The highest BCUT2D eigenvalue weighted by molar-refractivity contribution is 7.89. The van der Waals surface area contributed by atoms with Crippen molar-refractivity contribution in [3.63, 3.8) is 0 Å². The minimum absolute atomic E-state index is 0.295. The maximum absolute atomic E-state index is 12.5. The van der Waals surface area contributed by atoms with Crippen molar-refractivity contribution in [1.82, 2.24) is 19.7 Å². The van der Waals surface area contributed by atoms with Crippen LogP contribution in [0, 0.1) is 0 Å². The van der Waals surface area contributed by atoms with E-state index in [1.54, 1.807) is 35.4 Å². The predicted molar refractivity (Wildman–Crippen MR) is 95.6 cm³/mol. The van der Waals surface area contributed by atoms with Crippen LogP contribution in [-0.4, -0.2) is 23.4 Å². The number of nitrogens with one attached hydrogen (secondary N) is 1. The molecule has 0 fully saturated rings. The van der Waals surface area contributed by atoms with E-state index in [9.17, 15) is 8.42 Å². The summed E-state index contributed by atoms with van der Waals surface area (Å²) in [5.74, 6) is 0.619. The molecule has 0 aromatic carbocycles. The monoisotopic (exact) mass is 372 g/mol. The zero-order valence-electron chi connectivity index (χ0n) is 13.3. The summed E-state index contributed by atoms with van der Waals surface area (Å²) < 4.78 is 27.8. The molecule has 0 unspecified atom stereocenters. The highest BCUT2D eigenvalue weighted by atomic mass is 32.2. The molecule has 1 aliphatic carbocycles. The van der Waals surface area contributed by atoms with E-state index >= 15 is 0 Å². The van der Waals surface area contributed by atoms with Gasteiger partial charge in [-0.25, -0.2) is 23.1 Å². The molecule has 4 rings (SSSR count). The van der Waals surface area contributed by atoms with Crippen molar-refractivity contribution in [2.24, 2.45) is 0 Å². The van der Waals surface area contributed by atoms with Crippen molar-refractivity contribution < 1.29 is 8.42 Å². The van der Waals surface area contributed by atoms with Crippen LogP contribution >= 0.6 is 11.3 Å². The Morgan fingerprint density at radius 2 is 2.16 bits per heavy atom. The van der Waals surface area contributed by atoms with E-state index < -0.39 is 10.0 Å². The number of sulfonamides is 1. The summed E-state index contributed by atoms with van der Waals surface area (Å²) in [6, 6.07) is 5.07. The zero-order valence-corrected chi connectivity index (χ0v) is 14.9. The van der Waals surface area contributed by atoms with Crippen molar-refractivity contribution >= 4 is 21.4 Å². The van der Waals surface area contributed by atoms with Crippen molar-refractivity contribution in [3.05, 3.63) is 58.8 Å². The van der Waals surface area contributed by atoms with Crippen LogP contribution < -0.4 is 4.72 Å². The second kappa shape index (κ2) is 6.62. The first kappa shape index (κ1) is 16.3. The van der Waals surface area contributed by atoms with Gasteiger partial charge in [-0.1, -0.05) is 0 Å². The minimum atomic E-state index is -3.53. The summed E-state index contributed by atoms with van der Waals surface area (Å²) in [6.45, 7) is 0. The largest absolute Gasteiger partial charge is 0.264 e. The van der Waals surface area contributed by atoms with Gasteiger partial charge in [0.2, 0.25) is 10.0 Å². The summed E-state index contributed by atoms with van der Waals surface area (Å²) in [6.07, 6.45) is 7.62. The first-order valence-electron chi connectivity index (χ1n) is 7.94. The quantitative estimate of drug-likeness (QED) is 0.761. The highest BCUT2D eigenvalue weighted by Gasteiger charge is 2.27. The summed E-state index contributed by atoms with van der Waals surface area (Å²) in [4.78, 5) is 13.5. The van der Waals surface area contributed by atoms with Gasteiger partial charge in [0.1, 0.15) is 0 Å². The van der Waals surface area contributed by atoms with Gasteiger partial charge in [-0.2, -0.15) is 11.3 Å². The van der Waals surface area contributed by atoms with Crippen LogP contribution in [0.5, 0.6) is 0 Å². The Bertz CT molecular complexity index is 973. The Kier molecular flexibility index (Phi) is 4.32. The van der Waals surface area contributed by atoms with Crippen molar-refractivity contribution in [1.29, 1.82) is 0 Å². The Balaban J connectivity index is 1.65. The van der Waals surface area contributed by atoms with Crippen LogP contribution in [0.2, 0.25) is 0 Å². The van der Waals surface area contributed by atoms with Gasteiger partial charge in [0.25, 0.3) is 0 Å². The lowest BCUT2D eigenvalue weighted by Gasteiger charge is -2.25. The zero-order chi connectivity index (χ0) is 17.3. The molecule has 0 spiro atoms. The van der Waals surface area contributed by atoms with Gasteiger partial charge in [-0.3, -0.25) is 4.98 Å². The molecule has 1 aliphatic rings. The molecule has 0 aliphatic heterocycles. The first-order chi connectivity index (χ1) is 12.1. The fourth-order valence-corrected chi connectivity index (χ4v) is 5.24. The molecular formula is C17H16N4O2S2. The molecule has 0 saturated carbocycles. The highest BCUT2D eigenvalue weighted by Crippen LogP contribution is 2.31. The third-order valence-corrected chi connectivity index (χ3v) is 6.51. The molecule has 3 aromatic heterocycles. The Morgan fingerprint density at radius 1 is 1.24 bits per heavy atom. The molecule has 3 heterocycles. The topological polar surface area (TPSA) is 84.8 Å². The summed E-state index contributed by atoms with van der Waals surface area (Å²) in [5, 5.41) is 3.39. The average Bonchev–Trinajstić information content (AvgIpc) is 3.18. The smallest absolute Gasteiger partial charge is 0.241 e. The number of hydrogen-bond donors (Lipinski definition) is 1. The number of aromatic nitrogens is 3. The van der Waals surface area contributed by atoms with Crippen LogP contribution in [0.25, 0.3) is 11.4 Å². The molecule has 0 amide bonds. The molecule has 8 heteroatoms. The molecule has 128 valence electrons. The molecule has 0 saturated heterocycles. The van der Waals surface area contributed by atoms with Crippen LogP contribution in [-0.2, 0) is 16.4 Å². The standard InChI is InChI=1S/C17H16N4O2S2/c22-25(23,13-6-8-24-11-13)21-16-5-1-4-15-14(16)10-19-17(20-15)12-3-2-7-18-9-12/h2-3,6-11,16,21H,1,4-5H2/t16-/m0/s1. The normalized spacial score (nSPS) is 17.2. The average molecular weight is 372 g/mol. The molecule has 25 heavy (non-hydrogen) atoms. The Morgan fingerprint density at radius 3 is 2.92 bits per heavy atom. The van der Waals surface area contributed by atoms with Crippen molar-refractivity contribution in [2.45, 2.75) is 30.2 Å². The molecule has 0 radical (unpaired) electrons. The van der Waals surface area contributed by atoms with Gasteiger partial charge in [-0.05, 0) is 42.8 Å². The third kappa shape index (κ3) is 3.33. The molecule has 0 bridgehead atoms. The van der Waals surface area contributed by atoms with E-state index in [-0.39, 0.29) is 6.04 Å². The van der Waals surface area contributed by atoms with Gasteiger partial charge in [0.05, 0.1) is 10.9 Å². The van der Waals surface area contributed by atoms with Gasteiger partial charge >= 0.3 is 0 Å². The van der Waals surface area contributed by atoms with E-state index in [0.717, 1.165) is 36.1 Å². The van der Waals surface area contributed by atoms with E-state index in [0.29, 0.717) is 10.7 Å². The number of nitrogens with zero attached hydrogens (tertiary/aromatic N) is 3. The van der Waals surface area contributed by atoms with Crippen LogP contribution in [0.3, 0.4) is 0 Å². The summed E-state index contributed by atoms with van der Waals surface area (Å²) in [7, 11) is -3.53. The van der Waals surface area contributed by atoms with Gasteiger partial charge < -0.3 is 0 Å². The fourth-order valence-electron chi connectivity index (χ4n) is 2.96. The van der Waals surface area contributed by atoms with Crippen LogP contribution in [0.4, 0.5) is 0 Å². The van der Waals surface area contributed by atoms with Crippen molar-refractivity contribution in [3.8, 4) is 11.4 Å². The van der Waals surface area contributed by atoms with Gasteiger partial charge in [0.15, 0.2) is 5.82 Å². The number of aryl methyl sites for hydroxylation is 1. The lowest BCUT2D eigenvalue weighted by atomic mass is 9.93. The fraction of sp³-hybridized carbons (Fsp3) is 0.235. The second-order valence-corrected chi connectivity index (χ2v) is 8.36. The lowest BCUT2D eigenvalue weighted by molar-refractivity contribution is 0.500. The Labute approximate surface area is 150 Å². The predicted octanol–water partition coefficient (Wildman–Crippen LogP) is 2.96. The van der Waals surface area contributed by atoms with E-state index in [4.69, 9.17) is 0 Å². The van der Waals surface area contributed by atoms with Crippen LogP contribution in [0.15, 0.2) is 52.4 Å². The van der Waals surface area contributed by atoms with E-state index in [1.165, 1.54) is 11.3 Å². The maximum Gasteiger partial charge on any atom is 0.241 e. The Hall–Kier alpha value is -2.16. The molecule has 1 atom stereocenters. The third-order valence-electron chi connectivity index (χ3n) is 4.20. The minimum Gasteiger partial charge on any atom is -0.264 e.